The summed E-state index contributed by atoms with van der Waals surface area (Å²) in [6, 6.07) is 16.2. The van der Waals surface area contributed by atoms with Crippen LogP contribution in [0.4, 0.5) is 10.5 Å². The van der Waals surface area contributed by atoms with Crippen molar-refractivity contribution >= 4 is 11.7 Å². The van der Waals surface area contributed by atoms with Crippen LogP contribution in [0.2, 0.25) is 0 Å². The fourth-order valence-corrected chi connectivity index (χ4v) is 3.77. The fraction of sp³-hybridized carbons (Fsp3) is 0.318. The van der Waals surface area contributed by atoms with Crippen LogP contribution in [0.3, 0.4) is 0 Å². The second kappa shape index (κ2) is 8.77. The van der Waals surface area contributed by atoms with E-state index in [0.29, 0.717) is 13.1 Å². The normalized spacial score (nSPS) is 16.7. The molecule has 29 heavy (non-hydrogen) atoms. The number of benzene rings is 1. The number of urea groups is 1. The van der Waals surface area contributed by atoms with Crippen LogP contribution in [-0.2, 0) is 6.42 Å². The zero-order valence-electron chi connectivity index (χ0n) is 16.6. The lowest BCUT2D eigenvalue weighted by Crippen LogP contribution is -2.56. The molecule has 4 rings (SSSR count). The molecule has 0 radical (unpaired) electrons. The third-order valence-corrected chi connectivity index (χ3v) is 5.30. The summed E-state index contributed by atoms with van der Waals surface area (Å²) in [5.74, 6) is 0. The van der Waals surface area contributed by atoms with Crippen molar-refractivity contribution in [3.05, 3.63) is 72.8 Å². The predicted octanol–water partition coefficient (Wildman–Crippen LogP) is 2.73. The molecule has 0 bridgehead atoms. The first kappa shape index (κ1) is 19.0. The van der Waals surface area contributed by atoms with Gasteiger partial charge in [-0.15, -0.1) is 0 Å². The summed E-state index contributed by atoms with van der Waals surface area (Å²) in [5, 5.41) is 7.48. The molecule has 0 spiro atoms. The molecular weight excluding hydrogens is 364 g/mol. The number of hydrogen-bond acceptors (Lipinski definition) is 4. The van der Waals surface area contributed by atoms with Gasteiger partial charge in [0.2, 0.25) is 0 Å². The summed E-state index contributed by atoms with van der Waals surface area (Å²) in [4.78, 5) is 21.0. The molecule has 7 nitrogen and oxygen atoms in total. The van der Waals surface area contributed by atoms with Crippen LogP contribution in [0.25, 0.3) is 5.69 Å². The van der Waals surface area contributed by atoms with Crippen LogP contribution in [0.5, 0.6) is 0 Å². The average molecular weight is 390 g/mol. The van der Waals surface area contributed by atoms with E-state index in [1.807, 2.05) is 58.1 Å². The molecule has 1 N–H and O–H groups in total. The molecule has 0 aliphatic carbocycles. The van der Waals surface area contributed by atoms with E-state index in [4.69, 9.17) is 0 Å². The number of piperazine rings is 1. The lowest BCUT2D eigenvalue weighted by molar-refractivity contribution is 0.171. The Morgan fingerprint density at radius 3 is 2.59 bits per heavy atom. The van der Waals surface area contributed by atoms with Crippen molar-refractivity contribution in [1.29, 1.82) is 0 Å². The Labute approximate surface area is 171 Å². The van der Waals surface area contributed by atoms with E-state index in [1.54, 1.807) is 18.6 Å². The van der Waals surface area contributed by atoms with E-state index in [2.05, 4.69) is 27.2 Å². The third-order valence-electron chi connectivity index (χ3n) is 5.30. The smallest absolute Gasteiger partial charge is 0.317 e. The van der Waals surface area contributed by atoms with E-state index in [1.165, 1.54) is 0 Å². The number of pyridine rings is 1. The summed E-state index contributed by atoms with van der Waals surface area (Å²) >= 11 is 0. The highest BCUT2D eigenvalue weighted by atomic mass is 16.2. The summed E-state index contributed by atoms with van der Waals surface area (Å²) in [6.45, 7) is 5.02. The van der Waals surface area contributed by atoms with Crippen LogP contribution in [0.15, 0.2) is 67.1 Å². The van der Waals surface area contributed by atoms with E-state index in [-0.39, 0.29) is 12.1 Å². The molecule has 1 saturated heterocycles. The van der Waals surface area contributed by atoms with E-state index in [9.17, 15) is 4.79 Å². The molecule has 3 aromatic rings. The van der Waals surface area contributed by atoms with Gasteiger partial charge in [0.05, 0.1) is 5.69 Å². The van der Waals surface area contributed by atoms with Crippen molar-refractivity contribution < 1.29 is 4.79 Å². The maximum absolute atomic E-state index is 12.7. The Kier molecular flexibility index (Phi) is 5.74. The van der Waals surface area contributed by atoms with Crippen LogP contribution in [0, 0.1) is 0 Å². The number of anilines is 1. The molecule has 1 fully saturated rings. The van der Waals surface area contributed by atoms with E-state index >= 15 is 0 Å². The van der Waals surface area contributed by atoms with Gasteiger partial charge >= 0.3 is 6.03 Å². The van der Waals surface area contributed by atoms with Gasteiger partial charge in [0.15, 0.2) is 0 Å². The highest BCUT2D eigenvalue weighted by Crippen LogP contribution is 2.18. The average Bonchev–Trinajstić information content (AvgIpc) is 3.23. The maximum atomic E-state index is 12.7. The number of rotatable bonds is 5. The predicted molar refractivity (Wildman–Crippen MR) is 113 cm³/mol. The minimum atomic E-state index is -0.00217. The molecule has 7 heteroatoms. The van der Waals surface area contributed by atoms with Gasteiger partial charge in [0, 0.05) is 68.6 Å². The number of amides is 2. The second-order valence-electron chi connectivity index (χ2n) is 7.25. The summed E-state index contributed by atoms with van der Waals surface area (Å²) < 4.78 is 1.92. The first-order valence-electron chi connectivity index (χ1n) is 10.00. The van der Waals surface area contributed by atoms with Crippen LogP contribution in [0.1, 0.15) is 12.6 Å². The van der Waals surface area contributed by atoms with Gasteiger partial charge in [0.1, 0.15) is 0 Å². The zero-order valence-corrected chi connectivity index (χ0v) is 16.6. The summed E-state index contributed by atoms with van der Waals surface area (Å²) in [6.07, 6.45) is 6.13. The van der Waals surface area contributed by atoms with E-state index < -0.39 is 0 Å². The molecule has 1 unspecified atom stereocenters. The Balaban J connectivity index is 1.29. The van der Waals surface area contributed by atoms with Gasteiger partial charge in [-0.3, -0.25) is 4.98 Å². The van der Waals surface area contributed by atoms with Crippen molar-refractivity contribution in [2.75, 3.05) is 31.1 Å². The van der Waals surface area contributed by atoms with Crippen LogP contribution < -0.4 is 10.2 Å². The largest absolute Gasteiger partial charge is 0.368 e. The molecule has 1 aliphatic heterocycles. The minimum Gasteiger partial charge on any atom is -0.368 e. The van der Waals surface area contributed by atoms with Crippen molar-refractivity contribution in [2.45, 2.75) is 19.4 Å². The highest BCUT2D eigenvalue weighted by molar-refractivity contribution is 5.75. The molecule has 150 valence electrons. The van der Waals surface area contributed by atoms with Gasteiger partial charge in [-0.05, 0) is 37.3 Å². The van der Waals surface area contributed by atoms with Crippen LogP contribution in [-0.4, -0.2) is 57.9 Å². The minimum absolute atomic E-state index is 0.00217. The van der Waals surface area contributed by atoms with Gasteiger partial charge in [-0.2, -0.15) is 5.10 Å². The third kappa shape index (κ3) is 4.39. The van der Waals surface area contributed by atoms with Gasteiger partial charge in [0.25, 0.3) is 0 Å². The number of carbonyl (C=O) groups is 1. The van der Waals surface area contributed by atoms with Crippen molar-refractivity contribution in [3.8, 4) is 5.69 Å². The van der Waals surface area contributed by atoms with E-state index in [0.717, 1.165) is 36.6 Å². The molecular formula is C22H26N6O. The molecule has 2 amide bonds. The van der Waals surface area contributed by atoms with Crippen molar-refractivity contribution in [1.82, 2.24) is 25.0 Å². The van der Waals surface area contributed by atoms with Gasteiger partial charge < -0.3 is 15.1 Å². The lowest BCUT2D eigenvalue weighted by Gasteiger charge is -2.40. The number of hydrogen-bond donors (Lipinski definition) is 1. The van der Waals surface area contributed by atoms with Gasteiger partial charge in [-0.1, -0.05) is 18.2 Å². The van der Waals surface area contributed by atoms with Crippen molar-refractivity contribution in [2.24, 2.45) is 0 Å². The molecule has 1 aromatic carbocycles. The topological polar surface area (TPSA) is 66.3 Å². The second-order valence-corrected chi connectivity index (χ2v) is 7.25. The Bertz CT molecular complexity index is 927. The summed E-state index contributed by atoms with van der Waals surface area (Å²) in [5.41, 5.74) is 3.26. The number of carbonyl (C=O) groups excluding carboxylic acids is 1. The molecule has 3 heterocycles. The quantitative estimate of drug-likeness (QED) is 0.728. The first-order valence-corrected chi connectivity index (χ1v) is 10.00. The fourth-order valence-electron chi connectivity index (χ4n) is 3.77. The standard InChI is InChI=1S/C22H26N6O/c1-18-17-26(19-7-11-23-12-8-19)15-16-27(18)22(29)24-13-9-21-10-14-25-28(21)20-5-3-2-4-6-20/h2-8,10-12,14,18H,9,13,15-17H2,1H3,(H,24,29). The Morgan fingerprint density at radius 2 is 1.83 bits per heavy atom. The molecule has 1 aliphatic rings. The zero-order chi connectivity index (χ0) is 20.1. The number of nitrogens with zero attached hydrogens (tertiary/aromatic N) is 5. The molecule has 2 aromatic heterocycles. The first-order chi connectivity index (χ1) is 14.2. The lowest BCUT2D eigenvalue weighted by atomic mass is 10.2. The monoisotopic (exact) mass is 390 g/mol. The van der Waals surface area contributed by atoms with Crippen molar-refractivity contribution in [3.63, 3.8) is 0 Å². The maximum Gasteiger partial charge on any atom is 0.317 e. The highest BCUT2D eigenvalue weighted by Gasteiger charge is 2.27. The van der Waals surface area contributed by atoms with Gasteiger partial charge in [-0.25, -0.2) is 9.48 Å². The number of para-hydroxylation sites is 1. The Morgan fingerprint density at radius 1 is 1.03 bits per heavy atom. The molecule has 0 saturated carbocycles. The molecule has 1 atom stereocenters. The number of nitrogens with one attached hydrogen (secondary N) is 1. The number of aromatic nitrogens is 3. The van der Waals surface area contributed by atoms with Crippen LogP contribution >= 0.6 is 0 Å². The SMILES string of the molecule is CC1CN(c2ccncc2)CCN1C(=O)NCCc1ccnn1-c1ccccc1. The summed E-state index contributed by atoms with van der Waals surface area (Å²) in [7, 11) is 0. The Hall–Kier alpha value is -3.35.